The van der Waals surface area contributed by atoms with Crippen molar-refractivity contribution in [2.24, 2.45) is 0 Å². The van der Waals surface area contributed by atoms with Crippen LogP contribution >= 0.6 is 27.3 Å². The fourth-order valence-corrected chi connectivity index (χ4v) is 4.62. The number of halogens is 1. The molecule has 0 aliphatic rings. The van der Waals surface area contributed by atoms with Gasteiger partial charge in [-0.3, -0.25) is 0 Å². The molecule has 0 aromatic carbocycles. The molecule has 17 heavy (non-hydrogen) atoms. The maximum atomic E-state index is 12.0. The summed E-state index contributed by atoms with van der Waals surface area (Å²) in [6, 6.07) is 0.949. The Kier molecular flexibility index (Phi) is 5.55. The molecule has 0 aliphatic carbocycles. The molecule has 0 amide bonds. The van der Waals surface area contributed by atoms with Crippen LogP contribution in [0.25, 0.3) is 0 Å². The summed E-state index contributed by atoms with van der Waals surface area (Å²) >= 11 is 4.41. The van der Waals surface area contributed by atoms with E-state index in [1.54, 1.807) is 6.07 Å². The predicted molar refractivity (Wildman–Crippen MR) is 69.8 cm³/mol. The van der Waals surface area contributed by atoms with Crippen LogP contribution in [0, 0.1) is 6.92 Å². The molecule has 0 fully saturated rings. The van der Waals surface area contributed by atoms with Crippen LogP contribution in [-0.4, -0.2) is 39.9 Å². The molecule has 1 heterocycles. The number of methoxy groups -OCH3 is 1. The SMILES string of the molecule is COCC(CO)NS(=O)(=O)c1cc(C)c(Br)s1. The highest BCUT2D eigenvalue weighted by Crippen LogP contribution is 2.30. The number of aliphatic hydroxyl groups is 1. The Morgan fingerprint density at radius 3 is 2.71 bits per heavy atom. The average molecular weight is 344 g/mol. The van der Waals surface area contributed by atoms with Gasteiger partial charge in [0.15, 0.2) is 0 Å². The summed E-state index contributed by atoms with van der Waals surface area (Å²) in [4.78, 5) is 0. The van der Waals surface area contributed by atoms with E-state index >= 15 is 0 Å². The number of aryl methyl sites for hydroxylation is 1. The largest absolute Gasteiger partial charge is 0.395 e. The fourth-order valence-electron chi connectivity index (χ4n) is 1.17. The van der Waals surface area contributed by atoms with Crippen molar-refractivity contribution in [2.75, 3.05) is 20.3 Å². The molecule has 2 N–H and O–H groups in total. The molecule has 0 aliphatic heterocycles. The van der Waals surface area contributed by atoms with Crippen molar-refractivity contribution < 1.29 is 18.3 Å². The first kappa shape index (κ1) is 15.1. The first-order valence-electron chi connectivity index (χ1n) is 4.78. The van der Waals surface area contributed by atoms with E-state index in [-0.39, 0.29) is 17.4 Å². The summed E-state index contributed by atoms with van der Waals surface area (Å²) in [6.07, 6.45) is 0. The zero-order valence-electron chi connectivity index (χ0n) is 9.44. The number of aliphatic hydroxyl groups excluding tert-OH is 1. The molecule has 1 atom stereocenters. The number of nitrogens with one attached hydrogen (secondary N) is 1. The molecule has 5 nitrogen and oxygen atoms in total. The second-order valence-electron chi connectivity index (χ2n) is 3.48. The highest BCUT2D eigenvalue weighted by atomic mass is 79.9. The number of sulfonamides is 1. The van der Waals surface area contributed by atoms with Gasteiger partial charge in [-0.15, -0.1) is 11.3 Å². The Morgan fingerprint density at radius 2 is 2.29 bits per heavy atom. The van der Waals surface area contributed by atoms with Gasteiger partial charge in [-0.25, -0.2) is 13.1 Å². The molecular weight excluding hydrogens is 330 g/mol. The minimum Gasteiger partial charge on any atom is -0.395 e. The zero-order valence-corrected chi connectivity index (χ0v) is 12.7. The van der Waals surface area contributed by atoms with E-state index in [1.807, 2.05) is 6.92 Å². The van der Waals surface area contributed by atoms with Gasteiger partial charge in [-0.1, -0.05) is 0 Å². The maximum absolute atomic E-state index is 12.0. The molecule has 0 saturated heterocycles. The van der Waals surface area contributed by atoms with Crippen LogP contribution < -0.4 is 4.72 Å². The van der Waals surface area contributed by atoms with Crippen molar-refractivity contribution in [3.63, 3.8) is 0 Å². The molecule has 98 valence electrons. The number of rotatable bonds is 6. The van der Waals surface area contributed by atoms with Crippen LogP contribution in [0.15, 0.2) is 14.1 Å². The number of thiophene rings is 1. The third kappa shape index (κ3) is 4.01. The van der Waals surface area contributed by atoms with E-state index in [2.05, 4.69) is 20.7 Å². The summed E-state index contributed by atoms with van der Waals surface area (Å²) in [6.45, 7) is 1.64. The van der Waals surface area contributed by atoms with E-state index in [9.17, 15) is 8.42 Å². The van der Waals surface area contributed by atoms with Gasteiger partial charge in [0.05, 0.1) is 23.0 Å². The quantitative estimate of drug-likeness (QED) is 0.811. The van der Waals surface area contributed by atoms with Gasteiger partial charge in [-0.05, 0) is 34.5 Å². The van der Waals surface area contributed by atoms with Gasteiger partial charge in [0.25, 0.3) is 10.0 Å². The molecule has 0 bridgehead atoms. The number of hydrogen-bond donors (Lipinski definition) is 2. The predicted octanol–water partition coefficient (Wildman–Crippen LogP) is 1.10. The van der Waals surface area contributed by atoms with Crippen LogP contribution in [-0.2, 0) is 14.8 Å². The van der Waals surface area contributed by atoms with Gasteiger partial charge in [0, 0.05) is 7.11 Å². The molecule has 1 rings (SSSR count). The minimum absolute atomic E-state index is 0.126. The van der Waals surface area contributed by atoms with Crippen molar-refractivity contribution in [2.45, 2.75) is 17.2 Å². The Morgan fingerprint density at radius 1 is 1.65 bits per heavy atom. The van der Waals surface area contributed by atoms with Gasteiger partial charge in [-0.2, -0.15) is 0 Å². The minimum atomic E-state index is -3.60. The highest BCUT2D eigenvalue weighted by molar-refractivity contribution is 9.11. The summed E-state index contributed by atoms with van der Waals surface area (Å²) in [5, 5.41) is 9.01. The average Bonchev–Trinajstić information content (AvgIpc) is 2.59. The lowest BCUT2D eigenvalue weighted by atomic mass is 10.4. The second kappa shape index (κ2) is 6.26. The van der Waals surface area contributed by atoms with E-state index in [1.165, 1.54) is 7.11 Å². The summed E-state index contributed by atoms with van der Waals surface area (Å²) < 4.78 is 32.1. The Balaban J connectivity index is 2.88. The molecular formula is C9H14BrNO4S2. The fraction of sp³-hybridized carbons (Fsp3) is 0.556. The third-order valence-electron chi connectivity index (χ3n) is 2.01. The Hall–Kier alpha value is 0.01000. The zero-order chi connectivity index (χ0) is 13.1. The van der Waals surface area contributed by atoms with Crippen molar-refractivity contribution in [1.29, 1.82) is 0 Å². The van der Waals surface area contributed by atoms with E-state index in [0.717, 1.165) is 20.7 Å². The van der Waals surface area contributed by atoms with Crippen molar-refractivity contribution in [3.8, 4) is 0 Å². The summed E-state index contributed by atoms with van der Waals surface area (Å²) in [5.41, 5.74) is 0.864. The Bertz CT molecular complexity index is 452. The number of hydrogen-bond acceptors (Lipinski definition) is 5. The molecule has 1 aromatic rings. The first-order chi connectivity index (χ1) is 7.90. The van der Waals surface area contributed by atoms with Gasteiger partial charge in [0.1, 0.15) is 4.21 Å². The molecule has 0 spiro atoms. The van der Waals surface area contributed by atoms with E-state index in [4.69, 9.17) is 9.84 Å². The van der Waals surface area contributed by atoms with Crippen LogP contribution in [0.1, 0.15) is 5.56 Å². The lowest BCUT2D eigenvalue weighted by molar-refractivity contribution is 0.139. The summed E-state index contributed by atoms with van der Waals surface area (Å²) in [7, 11) is -2.15. The Labute approximate surface area is 113 Å². The highest BCUT2D eigenvalue weighted by Gasteiger charge is 2.22. The van der Waals surface area contributed by atoms with Gasteiger partial charge in [0.2, 0.25) is 0 Å². The lowest BCUT2D eigenvalue weighted by Crippen LogP contribution is -2.40. The van der Waals surface area contributed by atoms with Crippen LogP contribution in [0.4, 0.5) is 0 Å². The first-order valence-corrected chi connectivity index (χ1v) is 7.88. The third-order valence-corrected chi connectivity index (χ3v) is 6.14. The molecule has 8 heteroatoms. The smallest absolute Gasteiger partial charge is 0.250 e. The maximum Gasteiger partial charge on any atom is 0.250 e. The molecule has 1 aromatic heterocycles. The molecule has 1 unspecified atom stereocenters. The topological polar surface area (TPSA) is 75.6 Å². The number of ether oxygens (including phenoxy) is 1. The monoisotopic (exact) mass is 343 g/mol. The van der Waals surface area contributed by atoms with Crippen molar-refractivity contribution >= 4 is 37.3 Å². The van der Waals surface area contributed by atoms with E-state index < -0.39 is 16.1 Å². The van der Waals surface area contributed by atoms with Crippen molar-refractivity contribution in [1.82, 2.24) is 4.72 Å². The van der Waals surface area contributed by atoms with Crippen LogP contribution in [0.2, 0.25) is 0 Å². The molecule has 0 radical (unpaired) electrons. The standard InChI is InChI=1S/C9H14BrNO4S2/c1-6-3-8(16-9(6)10)17(13,14)11-7(4-12)5-15-2/h3,7,11-12H,4-5H2,1-2H3. The van der Waals surface area contributed by atoms with E-state index in [0.29, 0.717) is 0 Å². The normalized spacial score (nSPS) is 13.9. The lowest BCUT2D eigenvalue weighted by Gasteiger charge is -2.14. The van der Waals surface area contributed by atoms with Gasteiger partial charge >= 0.3 is 0 Å². The molecule has 0 saturated carbocycles. The summed E-state index contributed by atoms with van der Waals surface area (Å²) in [5.74, 6) is 0. The van der Waals surface area contributed by atoms with Crippen LogP contribution in [0.5, 0.6) is 0 Å². The van der Waals surface area contributed by atoms with Gasteiger partial charge < -0.3 is 9.84 Å². The van der Waals surface area contributed by atoms with Crippen LogP contribution in [0.3, 0.4) is 0 Å². The van der Waals surface area contributed by atoms with Crippen molar-refractivity contribution in [3.05, 3.63) is 15.4 Å². The second-order valence-corrected chi connectivity index (χ2v) is 7.79.